The van der Waals surface area contributed by atoms with Crippen LogP contribution >= 0.6 is 0 Å². The number of ether oxygens (including phenoxy) is 21. The number of methoxy groups -OCH3 is 2. The highest BCUT2D eigenvalue weighted by Gasteiger charge is 2.62. The molecule has 0 bridgehead atoms. The van der Waals surface area contributed by atoms with Crippen LogP contribution < -0.4 is 15.4 Å². The van der Waals surface area contributed by atoms with Crippen LogP contribution in [-0.2, 0) is 175 Å². The quantitative estimate of drug-likeness (QED) is 0.0181. The Bertz CT molecular complexity index is 4530. The normalized spacial score (nSPS) is 26.4. The molecule has 0 radical (unpaired) electrons. The second-order valence-electron chi connectivity index (χ2n) is 32.6. The van der Waals surface area contributed by atoms with Gasteiger partial charge in [0.05, 0.1) is 92.8 Å². The van der Waals surface area contributed by atoms with Gasteiger partial charge in [0.15, 0.2) is 31.1 Å². The number of aliphatic hydroxyl groups is 1. The van der Waals surface area contributed by atoms with Gasteiger partial charge < -0.3 is 115 Å². The molecule has 3 N–H and O–H groups in total. The Hall–Kier alpha value is -9.79. The first kappa shape index (κ1) is 97.8. The SMILES string of the molecule is COC(=O)[C@@]1(OC[C@H]2O[C@@H](O[C@H]3[C@@H](OCc4ccccc4)[C@@H](COCc4ccccc4)O[C@@H](O[C@H]4[C@H](OCc5ccccc5)[C@@H](OCc5ccccc5)[C@H](OCC[Si](C)(C)C)O[C@@H]4COCc4ccccc4)[C@@H]3OCc3ccccc3)[C@H](NC(C)=O)[C@@H](OCc3ccc(OC)cc3)[C@@H]2O)C[C@H](OC(C)=O)[C@@H](NC(C)=O)[C@H]([C@H](OC(C)=O)[C@@H](COC(C)=O)OC(C)=O)O1. The van der Waals surface area contributed by atoms with Crippen LogP contribution in [0.3, 0.4) is 0 Å². The van der Waals surface area contributed by atoms with Crippen molar-refractivity contribution in [3.8, 4) is 5.75 Å². The van der Waals surface area contributed by atoms with Gasteiger partial charge in [-0.3, -0.25) is 28.8 Å². The summed E-state index contributed by atoms with van der Waals surface area (Å²) in [5.41, 5.74) is 5.33. The number of aliphatic hydroxyl groups excluding tert-OH is 1. The van der Waals surface area contributed by atoms with Gasteiger partial charge in [0.1, 0.15) is 97.7 Å². The molecule has 4 aliphatic rings. The second-order valence-corrected chi connectivity index (χ2v) is 38.3. The summed E-state index contributed by atoms with van der Waals surface area (Å²) in [6.45, 7) is 11.4. The molecule has 21 atom stereocenters. The van der Waals surface area contributed by atoms with Crippen molar-refractivity contribution in [3.63, 3.8) is 0 Å². The molecule has 2 amide bonds. The molecule has 32 heteroatoms. The van der Waals surface area contributed by atoms with Crippen molar-refractivity contribution < 1.29 is 138 Å². The molecular weight excluding hydrogens is 1660 g/mol. The van der Waals surface area contributed by atoms with E-state index >= 15 is 4.79 Å². The van der Waals surface area contributed by atoms with Crippen molar-refractivity contribution in [1.82, 2.24) is 10.6 Å². The minimum atomic E-state index is -2.87. The summed E-state index contributed by atoms with van der Waals surface area (Å²) in [7, 11) is 0.739. The van der Waals surface area contributed by atoms with Gasteiger partial charge in [-0.1, -0.05) is 214 Å². The molecule has 31 nitrogen and oxygen atoms in total. The molecule has 4 fully saturated rings. The topological polar surface area (TPSA) is 358 Å². The van der Waals surface area contributed by atoms with Crippen LogP contribution in [0.2, 0.25) is 25.7 Å². The third-order valence-corrected chi connectivity index (χ3v) is 23.2. The maximum absolute atomic E-state index is 15.2. The third-order valence-electron chi connectivity index (χ3n) is 21.4. The van der Waals surface area contributed by atoms with Gasteiger partial charge in [0.25, 0.3) is 5.79 Å². The Morgan fingerprint density at radius 3 is 1.32 bits per heavy atom. The van der Waals surface area contributed by atoms with E-state index < -0.39 is 198 Å². The van der Waals surface area contributed by atoms with Crippen LogP contribution in [0.5, 0.6) is 5.75 Å². The van der Waals surface area contributed by atoms with Crippen molar-refractivity contribution in [2.24, 2.45) is 0 Å². The maximum atomic E-state index is 15.2. The van der Waals surface area contributed by atoms with Crippen molar-refractivity contribution in [2.75, 3.05) is 47.3 Å². The predicted octanol–water partition coefficient (Wildman–Crippen LogP) is 10.1. The average molecular weight is 1780 g/mol. The predicted molar refractivity (Wildman–Crippen MR) is 458 cm³/mol. The number of carbonyl (C=O) groups is 7. The summed E-state index contributed by atoms with van der Waals surface area (Å²) in [5.74, 6) is -8.88. The lowest BCUT2D eigenvalue weighted by Gasteiger charge is -2.52. The zero-order chi connectivity index (χ0) is 90.4. The fourth-order valence-corrected chi connectivity index (χ4v) is 16.1. The highest BCUT2D eigenvalue weighted by Crippen LogP contribution is 2.42. The summed E-state index contributed by atoms with van der Waals surface area (Å²) in [5, 5.41) is 19.0. The Balaban J connectivity index is 1.09. The van der Waals surface area contributed by atoms with Gasteiger partial charge in [0.2, 0.25) is 11.8 Å². The Morgan fingerprint density at radius 1 is 0.441 bits per heavy atom. The smallest absolute Gasteiger partial charge is 0.366 e. The molecule has 0 aliphatic carbocycles. The summed E-state index contributed by atoms with van der Waals surface area (Å²) in [6, 6.07) is 61.7. The zero-order valence-corrected chi connectivity index (χ0v) is 74.5. The first-order valence-electron chi connectivity index (χ1n) is 42.5. The molecule has 0 saturated carbocycles. The van der Waals surface area contributed by atoms with Crippen molar-refractivity contribution >= 4 is 49.7 Å². The molecule has 0 spiro atoms. The second kappa shape index (κ2) is 48.6. The van der Waals surface area contributed by atoms with Crippen LogP contribution in [0.1, 0.15) is 86.9 Å². The number of hydrogen-bond acceptors (Lipinski definition) is 29. The van der Waals surface area contributed by atoms with E-state index in [1.54, 1.807) is 24.3 Å². The minimum Gasteiger partial charge on any atom is -0.497 e. The molecule has 686 valence electrons. The molecule has 0 unspecified atom stereocenters. The van der Waals surface area contributed by atoms with Gasteiger partial charge >= 0.3 is 29.8 Å². The number of benzene rings is 7. The van der Waals surface area contributed by atoms with E-state index in [0.29, 0.717) is 23.5 Å². The molecule has 7 aromatic carbocycles. The number of rotatable bonds is 45. The van der Waals surface area contributed by atoms with Crippen molar-refractivity contribution in [1.29, 1.82) is 0 Å². The lowest BCUT2D eigenvalue weighted by atomic mass is 9.87. The summed E-state index contributed by atoms with van der Waals surface area (Å²) < 4.78 is 142. The van der Waals surface area contributed by atoms with Crippen LogP contribution in [0.4, 0.5) is 0 Å². The van der Waals surface area contributed by atoms with Crippen LogP contribution in [-0.4, -0.2) is 230 Å². The van der Waals surface area contributed by atoms with Gasteiger partial charge in [0, 0.05) is 56.2 Å². The number of nitrogens with one attached hydrogen (secondary N) is 2. The first-order valence-corrected chi connectivity index (χ1v) is 46.2. The Morgan fingerprint density at radius 2 is 0.866 bits per heavy atom. The van der Waals surface area contributed by atoms with Crippen molar-refractivity contribution in [2.45, 2.75) is 248 Å². The monoisotopic (exact) mass is 1780 g/mol. The van der Waals surface area contributed by atoms with E-state index in [-0.39, 0.29) is 59.5 Å². The highest BCUT2D eigenvalue weighted by atomic mass is 28.3. The molecular formula is C95H118N2O29Si. The molecule has 4 aliphatic heterocycles. The lowest BCUT2D eigenvalue weighted by Crippen LogP contribution is -2.71. The van der Waals surface area contributed by atoms with Gasteiger partial charge in [-0.25, -0.2) is 4.79 Å². The fraction of sp³-hybridized carbons (Fsp3) is 0.484. The van der Waals surface area contributed by atoms with Crippen molar-refractivity contribution in [3.05, 3.63) is 245 Å². The zero-order valence-electron chi connectivity index (χ0n) is 73.5. The van der Waals surface area contributed by atoms with Crippen LogP contribution in [0, 0.1) is 0 Å². The van der Waals surface area contributed by atoms with Gasteiger partial charge in [-0.05, 0) is 57.1 Å². The number of hydrogen-bond donors (Lipinski definition) is 3. The fourth-order valence-electron chi connectivity index (χ4n) is 15.4. The van der Waals surface area contributed by atoms with Crippen LogP contribution in [0.15, 0.2) is 206 Å². The van der Waals surface area contributed by atoms with E-state index in [1.807, 2.05) is 182 Å². The highest BCUT2D eigenvalue weighted by molar-refractivity contribution is 6.76. The largest absolute Gasteiger partial charge is 0.497 e. The molecule has 0 aromatic heterocycles. The van der Waals surface area contributed by atoms with E-state index in [2.05, 4.69) is 30.3 Å². The third kappa shape index (κ3) is 29.4. The number of carbonyl (C=O) groups excluding carboxylic acids is 7. The first-order chi connectivity index (χ1) is 61.2. The lowest BCUT2D eigenvalue weighted by molar-refractivity contribution is -0.390. The maximum Gasteiger partial charge on any atom is 0.366 e. The number of esters is 5. The summed E-state index contributed by atoms with van der Waals surface area (Å²) in [4.78, 5) is 95.3. The standard InChI is InChI=1S/C95H118N2O29Si/c1-60(98)96-79-74(118-63(4)101)48-95(94(105)107-8,126-86(79)83(120-65(6)103)78(119-64(5)102)58-111-62(3)100)117-59-75-81(104)85(113-55-72-42-44-73(106-7)45-43-72)80(97-61(2)99)91(121-75)125-88-82(112-51-68-34-22-14-23-35-68)76(56-108-49-66-30-18-12-19-31-66)123-93(90(88)116-54-71-40-28-17-29-41-71)124-84-77(57-109-50-67-32-20-13-21-33-67)122-92(110-46-47-127(9,10)11)89(115-53-70-38-26-16-27-39-70)87(84)114-52-69-36-24-15-25-37-69/h12-45,74-93,104H,46-59H2,1-11H3,(H,96,98)(H,97,99)/t74-,75+,76+,77+,78+,79+,80+,81+,82-,83+,84+,85+,86+,87-,88-,89+,90+,91-,92+,93-,95+/m0/s1. The minimum absolute atomic E-state index is 0.0368. The molecule has 11 rings (SSSR count). The Kier molecular flexibility index (Phi) is 37.4. The summed E-state index contributed by atoms with van der Waals surface area (Å²) in [6.07, 6.45) is -28.0. The molecule has 4 heterocycles. The molecule has 127 heavy (non-hydrogen) atoms. The van der Waals surface area contributed by atoms with E-state index in [0.717, 1.165) is 75.6 Å². The van der Waals surface area contributed by atoms with E-state index in [9.17, 15) is 33.9 Å². The van der Waals surface area contributed by atoms with Crippen LogP contribution in [0.25, 0.3) is 0 Å². The summed E-state index contributed by atoms with van der Waals surface area (Å²) >= 11 is 0. The van der Waals surface area contributed by atoms with Gasteiger partial charge in [-0.2, -0.15) is 0 Å². The Labute approximate surface area is 741 Å². The van der Waals surface area contributed by atoms with Gasteiger partial charge in [-0.15, -0.1) is 0 Å². The molecule has 4 saturated heterocycles. The van der Waals surface area contributed by atoms with E-state index in [4.69, 9.17) is 99.5 Å². The van der Waals surface area contributed by atoms with E-state index in [1.165, 1.54) is 14.0 Å². The molecule has 7 aromatic rings. The number of amides is 2. The average Bonchev–Trinajstić information content (AvgIpc) is 0.753.